The molecule has 1 fully saturated rings. The van der Waals surface area contributed by atoms with E-state index in [-0.39, 0.29) is 18.4 Å². The maximum atomic E-state index is 9.36. The van der Waals surface area contributed by atoms with Crippen LogP contribution >= 0.6 is 0 Å². The van der Waals surface area contributed by atoms with E-state index < -0.39 is 18.3 Å². The quantitative estimate of drug-likeness (QED) is 0.401. The van der Waals surface area contributed by atoms with E-state index in [1.165, 1.54) is 0 Å². The Morgan fingerprint density at radius 3 is 2.17 bits per heavy atom. The molecule has 0 aromatic carbocycles. The van der Waals surface area contributed by atoms with Gasteiger partial charge in [0.1, 0.15) is 6.10 Å². The molecular weight excluding hydrogens is 160 g/mol. The summed E-state index contributed by atoms with van der Waals surface area (Å²) >= 11 is 0. The van der Waals surface area contributed by atoms with Crippen molar-refractivity contribution in [3.05, 3.63) is 0 Å². The van der Waals surface area contributed by atoms with Crippen molar-refractivity contribution in [2.24, 2.45) is 11.8 Å². The molecule has 1 saturated carbocycles. The number of hydrogen-bond donors (Lipinski definition) is 4. The van der Waals surface area contributed by atoms with Crippen LogP contribution in [0.3, 0.4) is 0 Å². The van der Waals surface area contributed by atoms with Gasteiger partial charge >= 0.3 is 0 Å². The van der Waals surface area contributed by atoms with Crippen LogP contribution in [0.25, 0.3) is 0 Å². The van der Waals surface area contributed by atoms with Crippen molar-refractivity contribution in [3.63, 3.8) is 0 Å². The highest BCUT2D eigenvalue weighted by Gasteiger charge is 2.40. The first-order valence-electron chi connectivity index (χ1n) is 4.23. The van der Waals surface area contributed by atoms with Gasteiger partial charge in [0, 0.05) is 12.5 Å². The average molecular weight is 176 g/mol. The first kappa shape index (κ1) is 9.92. The highest BCUT2D eigenvalue weighted by Crippen LogP contribution is 2.29. The van der Waals surface area contributed by atoms with E-state index in [9.17, 15) is 15.3 Å². The molecular formula is C8H16O4. The Kier molecular flexibility index (Phi) is 3.06. The van der Waals surface area contributed by atoms with Crippen molar-refractivity contribution in [2.75, 3.05) is 6.61 Å². The molecule has 0 aliphatic heterocycles. The molecule has 1 rings (SSSR count). The topological polar surface area (TPSA) is 80.9 Å². The van der Waals surface area contributed by atoms with Gasteiger partial charge in [-0.3, -0.25) is 0 Å². The first-order valence-corrected chi connectivity index (χ1v) is 4.23. The Morgan fingerprint density at radius 1 is 1.08 bits per heavy atom. The molecule has 0 saturated heterocycles. The second-order valence-electron chi connectivity index (χ2n) is 3.63. The van der Waals surface area contributed by atoms with Crippen LogP contribution in [0.1, 0.15) is 13.3 Å². The van der Waals surface area contributed by atoms with Crippen LogP contribution < -0.4 is 0 Å². The van der Waals surface area contributed by atoms with Gasteiger partial charge in [0.15, 0.2) is 0 Å². The minimum atomic E-state index is -1.12. The summed E-state index contributed by atoms with van der Waals surface area (Å²) < 4.78 is 0. The number of rotatable bonds is 1. The van der Waals surface area contributed by atoms with E-state index in [0.29, 0.717) is 6.42 Å². The summed E-state index contributed by atoms with van der Waals surface area (Å²) in [5.74, 6) is -0.376. The van der Waals surface area contributed by atoms with Gasteiger partial charge in [0.2, 0.25) is 0 Å². The van der Waals surface area contributed by atoms with Crippen LogP contribution in [0, 0.1) is 11.8 Å². The highest BCUT2D eigenvalue weighted by molar-refractivity contribution is 4.90. The summed E-state index contributed by atoms with van der Waals surface area (Å²) in [4.78, 5) is 0. The third-order valence-corrected chi connectivity index (χ3v) is 2.67. The molecule has 4 heteroatoms. The van der Waals surface area contributed by atoms with Gasteiger partial charge in [-0.15, -0.1) is 0 Å². The second kappa shape index (κ2) is 3.70. The van der Waals surface area contributed by atoms with Gasteiger partial charge in [0.25, 0.3) is 0 Å². The van der Waals surface area contributed by atoms with Crippen LogP contribution in [-0.4, -0.2) is 45.3 Å². The molecule has 0 aromatic rings. The van der Waals surface area contributed by atoms with Gasteiger partial charge in [-0.2, -0.15) is 0 Å². The third kappa shape index (κ3) is 1.61. The lowest BCUT2D eigenvalue weighted by Crippen LogP contribution is -2.51. The van der Waals surface area contributed by atoms with E-state index in [0.717, 1.165) is 0 Å². The molecule has 1 aliphatic carbocycles. The molecule has 0 spiro atoms. The maximum Gasteiger partial charge on any atom is 0.106 e. The second-order valence-corrected chi connectivity index (χ2v) is 3.63. The van der Waals surface area contributed by atoms with Crippen LogP contribution in [0.5, 0.6) is 0 Å². The highest BCUT2D eigenvalue weighted by atomic mass is 16.4. The van der Waals surface area contributed by atoms with Crippen molar-refractivity contribution in [1.29, 1.82) is 0 Å². The summed E-state index contributed by atoms with van der Waals surface area (Å²) in [5.41, 5.74) is 0. The standard InChI is InChI=1S/C8H16O4/c1-4-2-5(3-9)7(11)8(12)6(4)10/h4-12H,2-3H2,1H3/t4-,5+,6-,7-,8+/m0/s1. The normalized spacial score (nSPS) is 49.2. The van der Waals surface area contributed by atoms with E-state index in [2.05, 4.69) is 0 Å². The largest absolute Gasteiger partial charge is 0.396 e. The number of aliphatic hydroxyl groups excluding tert-OH is 4. The van der Waals surface area contributed by atoms with Crippen LogP contribution in [0.4, 0.5) is 0 Å². The summed E-state index contributed by atoms with van der Waals surface area (Å²) in [6.07, 6.45) is -2.44. The van der Waals surface area contributed by atoms with Crippen molar-refractivity contribution >= 4 is 0 Å². The fraction of sp³-hybridized carbons (Fsp3) is 1.00. The fourth-order valence-corrected chi connectivity index (χ4v) is 1.76. The van der Waals surface area contributed by atoms with Gasteiger partial charge in [0.05, 0.1) is 12.2 Å². The number of aliphatic hydroxyl groups is 4. The molecule has 5 atom stereocenters. The molecule has 0 bridgehead atoms. The lowest BCUT2D eigenvalue weighted by atomic mass is 9.77. The summed E-state index contributed by atoms with van der Waals surface area (Å²) in [6.45, 7) is 1.65. The molecule has 0 amide bonds. The maximum absolute atomic E-state index is 9.36. The first-order chi connectivity index (χ1) is 5.57. The van der Waals surface area contributed by atoms with Gasteiger partial charge in [-0.1, -0.05) is 6.92 Å². The van der Waals surface area contributed by atoms with E-state index in [1.807, 2.05) is 0 Å². The van der Waals surface area contributed by atoms with Crippen molar-refractivity contribution in [3.8, 4) is 0 Å². The Bertz CT molecular complexity index is 145. The average Bonchev–Trinajstić information content (AvgIpc) is 2.08. The lowest BCUT2D eigenvalue weighted by Gasteiger charge is -2.38. The summed E-state index contributed by atoms with van der Waals surface area (Å²) in [5, 5.41) is 36.8. The Labute approximate surface area is 71.5 Å². The van der Waals surface area contributed by atoms with Crippen LogP contribution in [-0.2, 0) is 0 Å². The number of hydrogen-bond acceptors (Lipinski definition) is 4. The van der Waals surface area contributed by atoms with Gasteiger partial charge in [-0.05, 0) is 12.3 Å². The van der Waals surface area contributed by atoms with Crippen LogP contribution in [0.15, 0.2) is 0 Å². The minimum Gasteiger partial charge on any atom is -0.396 e. The molecule has 4 N–H and O–H groups in total. The molecule has 4 nitrogen and oxygen atoms in total. The fourth-order valence-electron chi connectivity index (χ4n) is 1.76. The minimum absolute atomic E-state index is 0.0689. The summed E-state index contributed by atoms with van der Waals surface area (Å²) in [7, 11) is 0. The smallest absolute Gasteiger partial charge is 0.106 e. The van der Waals surface area contributed by atoms with E-state index >= 15 is 0 Å². The Hall–Kier alpha value is -0.160. The molecule has 0 radical (unpaired) electrons. The van der Waals surface area contributed by atoms with Crippen LogP contribution in [0.2, 0.25) is 0 Å². The van der Waals surface area contributed by atoms with Gasteiger partial charge in [-0.25, -0.2) is 0 Å². The molecule has 0 unspecified atom stereocenters. The Balaban J connectivity index is 2.63. The molecule has 1 aliphatic rings. The summed E-state index contributed by atoms with van der Waals surface area (Å²) in [6, 6.07) is 0. The van der Waals surface area contributed by atoms with Crippen molar-refractivity contribution in [1.82, 2.24) is 0 Å². The van der Waals surface area contributed by atoms with E-state index in [4.69, 9.17) is 5.11 Å². The lowest BCUT2D eigenvalue weighted by molar-refractivity contribution is -0.138. The van der Waals surface area contributed by atoms with Crippen molar-refractivity contribution < 1.29 is 20.4 Å². The Morgan fingerprint density at radius 2 is 1.67 bits per heavy atom. The van der Waals surface area contributed by atoms with E-state index in [1.54, 1.807) is 6.92 Å². The SMILES string of the molecule is C[C@H]1C[C@H](CO)[C@H](O)[C@H](O)[C@H]1O. The zero-order chi connectivity index (χ0) is 9.30. The predicted molar refractivity (Wildman–Crippen MR) is 42.4 cm³/mol. The monoisotopic (exact) mass is 176 g/mol. The molecule has 72 valence electrons. The third-order valence-electron chi connectivity index (χ3n) is 2.67. The zero-order valence-corrected chi connectivity index (χ0v) is 7.09. The van der Waals surface area contributed by atoms with Gasteiger partial charge < -0.3 is 20.4 Å². The zero-order valence-electron chi connectivity index (χ0n) is 7.09. The molecule has 0 aromatic heterocycles. The van der Waals surface area contributed by atoms with Crippen molar-refractivity contribution in [2.45, 2.75) is 31.7 Å². The molecule has 0 heterocycles. The molecule has 12 heavy (non-hydrogen) atoms. The predicted octanol–water partition coefficient (Wildman–Crippen LogP) is -1.28.